The van der Waals surface area contributed by atoms with Crippen molar-refractivity contribution in [2.45, 2.75) is 25.5 Å². The molecule has 0 fully saturated rings. The number of anilines is 1. The molecule has 0 radical (unpaired) electrons. The van der Waals surface area contributed by atoms with Crippen LogP contribution < -0.4 is 5.32 Å². The predicted octanol–water partition coefficient (Wildman–Crippen LogP) is 4.21. The van der Waals surface area contributed by atoms with Crippen molar-refractivity contribution < 1.29 is 9.21 Å². The highest BCUT2D eigenvalue weighted by Crippen LogP contribution is 2.27. The summed E-state index contributed by atoms with van der Waals surface area (Å²) in [4.78, 5) is 16.8. The summed E-state index contributed by atoms with van der Waals surface area (Å²) in [6.45, 7) is 4.72. The lowest BCUT2D eigenvalue weighted by atomic mass is 10.2. The van der Waals surface area contributed by atoms with Crippen LogP contribution in [-0.4, -0.2) is 31.4 Å². The highest BCUT2D eigenvalue weighted by atomic mass is 32.2. The molecule has 0 spiro atoms. The van der Waals surface area contributed by atoms with E-state index in [1.165, 1.54) is 28.7 Å². The minimum absolute atomic E-state index is 0.124. The molecular weight excluding hydrogens is 382 g/mol. The van der Waals surface area contributed by atoms with Gasteiger partial charge in [0.2, 0.25) is 5.91 Å². The van der Waals surface area contributed by atoms with E-state index in [4.69, 9.17) is 4.42 Å². The van der Waals surface area contributed by atoms with Gasteiger partial charge in [0, 0.05) is 6.54 Å². The van der Waals surface area contributed by atoms with Gasteiger partial charge < -0.3 is 9.73 Å². The smallest absolute Gasteiger partial charge is 0.236 e. The van der Waals surface area contributed by atoms with Crippen LogP contribution in [0.2, 0.25) is 0 Å². The molecule has 1 N–H and O–H groups in total. The summed E-state index contributed by atoms with van der Waals surface area (Å²) in [6, 6.07) is 9.69. The Morgan fingerprint density at radius 2 is 2.22 bits per heavy atom. The minimum atomic E-state index is -0.124. The van der Waals surface area contributed by atoms with Gasteiger partial charge in [0.05, 0.1) is 22.2 Å². The number of thioether (sulfide) groups is 1. The first-order chi connectivity index (χ1) is 13.1. The molecule has 0 aliphatic carbocycles. The molecule has 1 amide bonds. The summed E-state index contributed by atoms with van der Waals surface area (Å²) in [5.74, 6) is 1.42. The van der Waals surface area contributed by atoms with Gasteiger partial charge in [-0.3, -0.25) is 9.36 Å². The topological polar surface area (TPSA) is 85.8 Å². The van der Waals surface area contributed by atoms with Crippen molar-refractivity contribution in [1.82, 2.24) is 19.7 Å². The zero-order valence-electron chi connectivity index (χ0n) is 14.8. The third kappa shape index (κ3) is 3.74. The normalized spacial score (nSPS) is 11.2. The second-order valence-corrected chi connectivity index (χ2v) is 7.83. The lowest BCUT2D eigenvalue weighted by molar-refractivity contribution is -0.113. The molecule has 4 aromatic rings. The number of nitrogens with one attached hydrogen (secondary N) is 1. The monoisotopic (exact) mass is 399 g/mol. The molecule has 4 rings (SSSR count). The van der Waals surface area contributed by atoms with Crippen molar-refractivity contribution in [2.24, 2.45) is 0 Å². The maximum absolute atomic E-state index is 12.3. The highest BCUT2D eigenvalue weighted by Gasteiger charge is 2.16. The van der Waals surface area contributed by atoms with Crippen LogP contribution >= 0.6 is 23.1 Å². The van der Waals surface area contributed by atoms with E-state index in [1.807, 2.05) is 42.7 Å². The first-order valence-corrected chi connectivity index (χ1v) is 10.2. The third-order valence-electron chi connectivity index (χ3n) is 3.90. The molecule has 0 saturated heterocycles. The zero-order valence-corrected chi connectivity index (χ0v) is 16.4. The van der Waals surface area contributed by atoms with Gasteiger partial charge in [0.1, 0.15) is 0 Å². The molecule has 138 valence electrons. The van der Waals surface area contributed by atoms with Crippen molar-refractivity contribution in [1.29, 1.82) is 0 Å². The van der Waals surface area contributed by atoms with Crippen molar-refractivity contribution >= 4 is 44.4 Å². The number of benzene rings is 1. The third-order valence-corrected chi connectivity index (χ3v) is 5.80. The first-order valence-electron chi connectivity index (χ1n) is 8.41. The number of aryl methyl sites for hydroxylation is 1. The van der Waals surface area contributed by atoms with Crippen molar-refractivity contribution in [3.05, 3.63) is 42.2 Å². The summed E-state index contributed by atoms with van der Waals surface area (Å²) < 4.78 is 8.39. The van der Waals surface area contributed by atoms with Crippen LogP contribution in [-0.2, 0) is 11.3 Å². The number of hydrogen-bond acceptors (Lipinski definition) is 7. The molecule has 0 saturated carbocycles. The van der Waals surface area contributed by atoms with Crippen LogP contribution in [0.4, 0.5) is 5.13 Å². The lowest BCUT2D eigenvalue weighted by Crippen LogP contribution is -2.14. The maximum Gasteiger partial charge on any atom is 0.236 e. The Labute approximate surface area is 163 Å². The second kappa shape index (κ2) is 7.53. The average molecular weight is 400 g/mol. The number of nitrogens with zero attached hydrogens (tertiary/aromatic N) is 4. The number of furan rings is 1. The van der Waals surface area contributed by atoms with Crippen LogP contribution in [0.3, 0.4) is 0 Å². The fourth-order valence-electron chi connectivity index (χ4n) is 2.64. The van der Waals surface area contributed by atoms with Gasteiger partial charge in [-0.05, 0) is 43.7 Å². The SMILES string of the molecule is CCn1c(SCC(=O)Nc2nc3ccc(C)cc3s2)nnc1-c1ccco1. The predicted molar refractivity (Wildman–Crippen MR) is 107 cm³/mol. The Bertz CT molecular complexity index is 1080. The zero-order chi connectivity index (χ0) is 18.8. The Morgan fingerprint density at radius 3 is 3.00 bits per heavy atom. The summed E-state index contributed by atoms with van der Waals surface area (Å²) in [6.07, 6.45) is 1.60. The van der Waals surface area contributed by atoms with Crippen LogP contribution in [0.5, 0.6) is 0 Å². The fraction of sp³-hybridized carbons (Fsp3) is 0.222. The molecular formula is C18H17N5O2S2. The van der Waals surface area contributed by atoms with Gasteiger partial charge >= 0.3 is 0 Å². The molecule has 9 heteroatoms. The largest absolute Gasteiger partial charge is 0.461 e. The Morgan fingerprint density at radius 1 is 1.33 bits per heavy atom. The molecule has 0 aliphatic heterocycles. The highest BCUT2D eigenvalue weighted by molar-refractivity contribution is 7.99. The molecule has 0 bridgehead atoms. The number of hydrogen-bond donors (Lipinski definition) is 1. The van der Waals surface area contributed by atoms with Crippen LogP contribution in [0.15, 0.2) is 46.2 Å². The lowest BCUT2D eigenvalue weighted by Gasteiger charge is -2.05. The van der Waals surface area contributed by atoms with Crippen LogP contribution in [0.25, 0.3) is 21.8 Å². The molecule has 27 heavy (non-hydrogen) atoms. The van der Waals surface area contributed by atoms with Gasteiger partial charge in [-0.25, -0.2) is 4.98 Å². The van der Waals surface area contributed by atoms with Crippen molar-refractivity contribution in [3.63, 3.8) is 0 Å². The Balaban J connectivity index is 1.43. The molecule has 0 unspecified atom stereocenters. The number of fused-ring (bicyclic) bond motifs is 1. The summed E-state index contributed by atoms with van der Waals surface area (Å²) in [7, 11) is 0. The van der Waals surface area contributed by atoms with Crippen LogP contribution in [0.1, 0.15) is 12.5 Å². The van der Waals surface area contributed by atoms with E-state index in [0.717, 1.165) is 10.2 Å². The standard InChI is InChI=1S/C18H17N5O2S2/c1-3-23-16(13-5-4-8-25-13)21-22-18(23)26-10-15(24)20-17-19-12-7-6-11(2)9-14(12)27-17/h4-9H,3,10H2,1-2H3,(H,19,20,24). The van der Waals surface area contributed by atoms with E-state index in [-0.39, 0.29) is 11.7 Å². The number of rotatable bonds is 6. The molecule has 7 nitrogen and oxygen atoms in total. The Kier molecular flexibility index (Phi) is 4.95. The quantitative estimate of drug-likeness (QED) is 0.489. The maximum atomic E-state index is 12.3. The molecule has 1 aromatic carbocycles. The summed E-state index contributed by atoms with van der Waals surface area (Å²) in [5.41, 5.74) is 2.06. The number of aromatic nitrogens is 4. The first kappa shape index (κ1) is 17.7. The summed E-state index contributed by atoms with van der Waals surface area (Å²) in [5, 5.41) is 12.5. The van der Waals surface area contributed by atoms with Crippen LogP contribution in [0, 0.1) is 6.92 Å². The van der Waals surface area contributed by atoms with E-state index >= 15 is 0 Å². The van der Waals surface area contributed by atoms with E-state index in [0.29, 0.717) is 28.4 Å². The minimum Gasteiger partial charge on any atom is -0.461 e. The molecule has 0 atom stereocenters. The van der Waals surface area contributed by atoms with E-state index in [2.05, 4.69) is 26.6 Å². The van der Waals surface area contributed by atoms with E-state index < -0.39 is 0 Å². The number of thiazole rings is 1. The summed E-state index contributed by atoms with van der Waals surface area (Å²) >= 11 is 2.81. The number of amides is 1. The van der Waals surface area contributed by atoms with Crippen molar-refractivity contribution in [3.8, 4) is 11.6 Å². The van der Waals surface area contributed by atoms with Gasteiger partial charge in [0.25, 0.3) is 0 Å². The van der Waals surface area contributed by atoms with Gasteiger partial charge in [-0.15, -0.1) is 10.2 Å². The van der Waals surface area contributed by atoms with E-state index in [1.54, 1.807) is 6.26 Å². The van der Waals surface area contributed by atoms with Crippen molar-refractivity contribution in [2.75, 3.05) is 11.1 Å². The Hall–Kier alpha value is -2.65. The van der Waals surface area contributed by atoms with Gasteiger partial charge in [0.15, 0.2) is 21.9 Å². The number of carbonyl (C=O) groups excluding carboxylic acids is 1. The van der Waals surface area contributed by atoms with E-state index in [9.17, 15) is 4.79 Å². The molecule has 0 aliphatic rings. The molecule has 3 heterocycles. The number of carbonyl (C=O) groups is 1. The van der Waals surface area contributed by atoms with Gasteiger partial charge in [-0.1, -0.05) is 29.2 Å². The second-order valence-electron chi connectivity index (χ2n) is 5.85. The molecule has 3 aromatic heterocycles. The fourth-order valence-corrected chi connectivity index (χ4v) is 4.42. The van der Waals surface area contributed by atoms with Gasteiger partial charge in [-0.2, -0.15) is 0 Å². The average Bonchev–Trinajstić information content (AvgIpc) is 3.37.